The van der Waals surface area contributed by atoms with Crippen molar-refractivity contribution in [3.63, 3.8) is 0 Å². The predicted molar refractivity (Wildman–Crippen MR) is 99.3 cm³/mol. The maximum Gasteiger partial charge on any atom is 0.419 e. The molecule has 7 heteroatoms. The fourth-order valence-corrected chi connectivity index (χ4v) is 3.02. The largest absolute Gasteiger partial charge is 0.490 e. The SMILES string of the molecule is CC(C)(C)OC(=O)CCCCc1ccc(OC2CCOCC2)c(C(F)(F)F)c1. The zero-order valence-corrected chi connectivity index (χ0v) is 16.7. The zero-order valence-electron chi connectivity index (χ0n) is 16.7. The van der Waals surface area contributed by atoms with E-state index in [-0.39, 0.29) is 24.2 Å². The van der Waals surface area contributed by atoms with Crippen molar-refractivity contribution in [3.8, 4) is 5.75 Å². The van der Waals surface area contributed by atoms with Crippen LogP contribution in [-0.4, -0.2) is 30.9 Å². The summed E-state index contributed by atoms with van der Waals surface area (Å²) in [6, 6.07) is 4.22. The molecule has 1 fully saturated rings. The van der Waals surface area contributed by atoms with Crippen LogP contribution in [0.4, 0.5) is 13.2 Å². The summed E-state index contributed by atoms with van der Waals surface area (Å²) in [5.74, 6) is -0.416. The van der Waals surface area contributed by atoms with Gasteiger partial charge in [0.05, 0.1) is 18.8 Å². The molecule has 1 aliphatic rings. The second kappa shape index (κ2) is 9.63. The van der Waals surface area contributed by atoms with E-state index in [4.69, 9.17) is 14.2 Å². The first-order valence-corrected chi connectivity index (χ1v) is 9.71. The number of alkyl halides is 3. The molecule has 0 aliphatic carbocycles. The van der Waals surface area contributed by atoms with Crippen molar-refractivity contribution in [2.75, 3.05) is 13.2 Å². The summed E-state index contributed by atoms with van der Waals surface area (Å²) in [4.78, 5) is 11.7. The molecule has 0 amide bonds. The van der Waals surface area contributed by atoms with Gasteiger partial charge in [0.2, 0.25) is 0 Å². The molecule has 0 bridgehead atoms. The molecule has 158 valence electrons. The molecular formula is C21H29F3O4. The normalized spacial score (nSPS) is 16.1. The number of aryl methyl sites for hydroxylation is 1. The number of hydrogen-bond acceptors (Lipinski definition) is 4. The summed E-state index contributed by atoms with van der Waals surface area (Å²) < 4.78 is 56.5. The number of benzene rings is 1. The van der Waals surface area contributed by atoms with Crippen LogP contribution in [0, 0.1) is 0 Å². The maximum atomic E-state index is 13.5. The van der Waals surface area contributed by atoms with Gasteiger partial charge in [-0.3, -0.25) is 4.79 Å². The smallest absolute Gasteiger partial charge is 0.419 e. The molecule has 0 unspecified atom stereocenters. The molecule has 0 aromatic heterocycles. The van der Waals surface area contributed by atoms with Gasteiger partial charge >= 0.3 is 12.1 Å². The molecule has 1 heterocycles. The Morgan fingerprint density at radius 1 is 1.14 bits per heavy atom. The van der Waals surface area contributed by atoms with Crippen molar-refractivity contribution in [2.24, 2.45) is 0 Å². The molecule has 4 nitrogen and oxygen atoms in total. The Bertz CT molecular complexity index is 644. The molecular weight excluding hydrogens is 373 g/mol. The minimum Gasteiger partial charge on any atom is -0.490 e. The first-order valence-electron chi connectivity index (χ1n) is 9.71. The molecule has 1 aromatic rings. The lowest BCUT2D eigenvalue weighted by Gasteiger charge is -2.25. The molecule has 1 aliphatic heterocycles. The molecule has 0 spiro atoms. The van der Waals surface area contributed by atoms with Crippen molar-refractivity contribution in [1.29, 1.82) is 0 Å². The standard InChI is InChI=1S/C21H29F3O4/c1-20(2,3)28-19(25)7-5-4-6-15-8-9-18(17(14-15)21(22,23)24)27-16-10-12-26-13-11-16/h8-9,14,16H,4-7,10-13H2,1-3H3. The number of carbonyl (C=O) groups excluding carboxylic acids is 1. The lowest BCUT2D eigenvalue weighted by Crippen LogP contribution is -2.26. The molecule has 28 heavy (non-hydrogen) atoms. The first kappa shape index (κ1) is 22.5. The quantitative estimate of drug-likeness (QED) is 0.458. The van der Waals surface area contributed by atoms with E-state index in [9.17, 15) is 18.0 Å². The van der Waals surface area contributed by atoms with E-state index in [0.717, 1.165) is 6.07 Å². The first-order chi connectivity index (χ1) is 13.0. The van der Waals surface area contributed by atoms with Crippen molar-refractivity contribution in [3.05, 3.63) is 29.3 Å². The number of esters is 1. The van der Waals surface area contributed by atoms with Gasteiger partial charge in [0, 0.05) is 19.3 Å². The minimum atomic E-state index is -4.48. The van der Waals surface area contributed by atoms with E-state index >= 15 is 0 Å². The third kappa shape index (κ3) is 7.70. The Morgan fingerprint density at radius 3 is 2.43 bits per heavy atom. The lowest BCUT2D eigenvalue weighted by molar-refractivity contribution is -0.155. The Balaban J connectivity index is 1.93. The van der Waals surface area contributed by atoms with E-state index in [2.05, 4.69) is 0 Å². The van der Waals surface area contributed by atoms with E-state index in [1.54, 1.807) is 26.8 Å². The molecule has 1 aromatic carbocycles. The van der Waals surface area contributed by atoms with Gasteiger partial charge in [0.15, 0.2) is 0 Å². The lowest BCUT2D eigenvalue weighted by atomic mass is 10.0. The van der Waals surface area contributed by atoms with E-state index in [0.29, 0.717) is 50.9 Å². The van der Waals surface area contributed by atoms with Gasteiger partial charge in [-0.15, -0.1) is 0 Å². The Morgan fingerprint density at radius 2 is 1.82 bits per heavy atom. The van der Waals surface area contributed by atoms with Gasteiger partial charge in [-0.25, -0.2) is 0 Å². The number of carbonyl (C=O) groups is 1. The Labute approximate surface area is 164 Å². The van der Waals surface area contributed by atoms with Crippen LogP contribution in [0.1, 0.15) is 64.0 Å². The number of hydrogen-bond donors (Lipinski definition) is 0. The Kier molecular flexibility index (Phi) is 7.75. The molecule has 0 N–H and O–H groups in total. The highest BCUT2D eigenvalue weighted by Crippen LogP contribution is 2.38. The number of ether oxygens (including phenoxy) is 3. The Hall–Kier alpha value is -1.76. The fourth-order valence-electron chi connectivity index (χ4n) is 3.02. The maximum absolute atomic E-state index is 13.5. The van der Waals surface area contributed by atoms with Crippen molar-refractivity contribution < 1.29 is 32.2 Å². The molecule has 1 saturated heterocycles. The minimum absolute atomic E-state index is 0.128. The number of halogens is 3. The van der Waals surface area contributed by atoms with Crippen LogP contribution in [0.15, 0.2) is 18.2 Å². The van der Waals surface area contributed by atoms with E-state index in [1.807, 2.05) is 0 Å². The summed E-state index contributed by atoms with van der Waals surface area (Å²) in [5.41, 5.74) is -0.696. The highest BCUT2D eigenvalue weighted by Gasteiger charge is 2.35. The van der Waals surface area contributed by atoms with Gasteiger partial charge in [-0.05, 0) is 57.7 Å². The van der Waals surface area contributed by atoms with Crippen LogP contribution in [-0.2, 0) is 26.9 Å². The summed E-state index contributed by atoms with van der Waals surface area (Å²) in [6.45, 7) is 6.40. The van der Waals surface area contributed by atoms with Gasteiger partial charge in [-0.2, -0.15) is 13.2 Å². The fraction of sp³-hybridized carbons (Fsp3) is 0.667. The highest BCUT2D eigenvalue weighted by molar-refractivity contribution is 5.69. The number of unbranched alkanes of at least 4 members (excludes halogenated alkanes) is 1. The summed E-state index contributed by atoms with van der Waals surface area (Å²) in [6.07, 6.45) is -1.67. The van der Waals surface area contributed by atoms with Crippen molar-refractivity contribution in [2.45, 2.75) is 77.2 Å². The van der Waals surface area contributed by atoms with Crippen LogP contribution < -0.4 is 4.74 Å². The van der Waals surface area contributed by atoms with Gasteiger partial charge in [0.1, 0.15) is 17.5 Å². The highest BCUT2D eigenvalue weighted by atomic mass is 19.4. The second-order valence-electron chi connectivity index (χ2n) is 8.05. The number of rotatable bonds is 7. The van der Waals surface area contributed by atoms with Crippen LogP contribution in [0.5, 0.6) is 5.75 Å². The van der Waals surface area contributed by atoms with Crippen LogP contribution in [0.3, 0.4) is 0 Å². The topological polar surface area (TPSA) is 44.8 Å². The zero-order chi connectivity index (χ0) is 20.8. The summed E-state index contributed by atoms with van der Waals surface area (Å²) >= 11 is 0. The average Bonchev–Trinajstić information content (AvgIpc) is 2.58. The van der Waals surface area contributed by atoms with E-state index < -0.39 is 17.3 Å². The van der Waals surface area contributed by atoms with Crippen molar-refractivity contribution in [1.82, 2.24) is 0 Å². The summed E-state index contributed by atoms with van der Waals surface area (Å²) in [7, 11) is 0. The van der Waals surface area contributed by atoms with Crippen molar-refractivity contribution >= 4 is 5.97 Å². The summed E-state index contributed by atoms with van der Waals surface area (Å²) in [5, 5.41) is 0. The molecule has 2 rings (SSSR count). The second-order valence-corrected chi connectivity index (χ2v) is 8.05. The van der Waals surface area contributed by atoms with E-state index in [1.165, 1.54) is 6.07 Å². The van der Waals surface area contributed by atoms with Crippen LogP contribution >= 0.6 is 0 Å². The predicted octanol–water partition coefficient (Wildman–Crippen LogP) is 5.32. The monoisotopic (exact) mass is 402 g/mol. The van der Waals surface area contributed by atoms with Gasteiger partial charge in [-0.1, -0.05) is 6.07 Å². The van der Waals surface area contributed by atoms with Crippen LogP contribution in [0.2, 0.25) is 0 Å². The average molecular weight is 402 g/mol. The third-order valence-electron chi connectivity index (χ3n) is 4.33. The molecule has 0 atom stereocenters. The van der Waals surface area contributed by atoms with Crippen LogP contribution in [0.25, 0.3) is 0 Å². The molecule has 0 saturated carbocycles. The third-order valence-corrected chi connectivity index (χ3v) is 4.33. The van der Waals surface area contributed by atoms with Gasteiger partial charge < -0.3 is 14.2 Å². The van der Waals surface area contributed by atoms with Gasteiger partial charge in [0.25, 0.3) is 0 Å². The molecule has 0 radical (unpaired) electrons.